The van der Waals surface area contributed by atoms with Gasteiger partial charge in [-0.25, -0.2) is 0 Å². The maximum atomic E-state index is 10.7. The number of methoxy groups -OCH3 is 1. The van der Waals surface area contributed by atoms with Crippen molar-refractivity contribution in [2.45, 2.75) is 38.2 Å². The van der Waals surface area contributed by atoms with Crippen LogP contribution in [0.3, 0.4) is 0 Å². The van der Waals surface area contributed by atoms with Crippen LogP contribution in [-0.2, 0) is 14.3 Å². The molecule has 0 radical (unpaired) electrons. The van der Waals surface area contributed by atoms with Crippen molar-refractivity contribution in [3.8, 4) is 0 Å². The van der Waals surface area contributed by atoms with Crippen LogP contribution in [0.15, 0.2) is 0 Å². The topological polar surface area (TPSA) is 83.8 Å². The Hall–Kier alpha value is -1.10. The van der Waals surface area contributed by atoms with E-state index in [9.17, 15) is 14.7 Å². The molecule has 5 nitrogen and oxygen atoms in total. The zero-order valence-corrected chi connectivity index (χ0v) is 8.23. The normalized spacial score (nSPS) is 12.1. The van der Waals surface area contributed by atoms with E-state index in [0.717, 1.165) is 0 Å². The summed E-state index contributed by atoms with van der Waals surface area (Å²) in [5, 5.41) is 17.6. The average Bonchev–Trinajstić information content (AvgIpc) is 2.12. The number of carbonyl (C=O) groups is 2. The molecule has 1 atom stereocenters. The van der Waals surface area contributed by atoms with Gasteiger partial charge in [-0.05, 0) is 12.8 Å². The molecule has 1 unspecified atom stereocenters. The molecule has 0 aliphatic rings. The fourth-order valence-electron chi connectivity index (χ4n) is 1.03. The van der Waals surface area contributed by atoms with E-state index in [1.54, 1.807) is 0 Å². The zero-order chi connectivity index (χ0) is 11.0. The number of carboxylic acids is 1. The Morgan fingerprint density at radius 3 is 2.50 bits per heavy atom. The molecule has 0 bridgehead atoms. The van der Waals surface area contributed by atoms with Crippen LogP contribution in [0.4, 0.5) is 0 Å². The first-order chi connectivity index (χ1) is 6.56. The summed E-state index contributed by atoms with van der Waals surface area (Å²) < 4.78 is 4.37. The molecule has 0 saturated heterocycles. The summed E-state index contributed by atoms with van der Waals surface area (Å²) in [6, 6.07) is 0. The molecule has 5 heteroatoms. The number of aliphatic hydroxyl groups excluding tert-OH is 1. The SMILES string of the molecule is COC(=O)CC(O)CCCCC(=O)O. The van der Waals surface area contributed by atoms with E-state index in [-0.39, 0.29) is 12.8 Å². The van der Waals surface area contributed by atoms with Crippen molar-refractivity contribution < 1.29 is 24.5 Å². The van der Waals surface area contributed by atoms with E-state index >= 15 is 0 Å². The number of aliphatic carboxylic acids is 1. The predicted octanol–water partition coefficient (Wildman–Crippen LogP) is 0.555. The van der Waals surface area contributed by atoms with Gasteiger partial charge < -0.3 is 14.9 Å². The second-order valence-electron chi connectivity index (χ2n) is 3.07. The zero-order valence-electron chi connectivity index (χ0n) is 8.23. The molecule has 0 heterocycles. The summed E-state index contributed by atoms with van der Waals surface area (Å²) in [4.78, 5) is 20.8. The first-order valence-electron chi connectivity index (χ1n) is 4.53. The van der Waals surface area contributed by atoms with Crippen LogP contribution in [0.1, 0.15) is 32.1 Å². The number of ether oxygens (including phenoxy) is 1. The molecule has 0 aliphatic heterocycles. The quantitative estimate of drug-likeness (QED) is 0.467. The van der Waals surface area contributed by atoms with Gasteiger partial charge >= 0.3 is 11.9 Å². The average molecular weight is 204 g/mol. The summed E-state index contributed by atoms with van der Waals surface area (Å²) in [5.74, 6) is -1.29. The monoisotopic (exact) mass is 204 g/mol. The molecule has 0 saturated carbocycles. The van der Waals surface area contributed by atoms with Crippen molar-refractivity contribution in [2.75, 3.05) is 7.11 Å². The van der Waals surface area contributed by atoms with Crippen LogP contribution in [0.2, 0.25) is 0 Å². The molecule has 2 N–H and O–H groups in total. The van der Waals surface area contributed by atoms with Gasteiger partial charge in [0.05, 0.1) is 19.6 Å². The van der Waals surface area contributed by atoms with E-state index in [2.05, 4.69) is 4.74 Å². The van der Waals surface area contributed by atoms with Gasteiger partial charge in [0.15, 0.2) is 0 Å². The second kappa shape index (κ2) is 7.32. The molecular formula is C9H16O5. The lowest BCUT2D eigenvalue weighted by molar-refractivity contribution is -0.143. The van der Waals surface area contributed by atoms with E-state index in [0.29, 0.717) is 19.3 Å². The smallest absolute Gasteiger partial charge is 0.308 e. The summed E-state index contributed by atoms with van der Waals surface area (Å²) in [5.41, 5.74) is 0. The highest BCUT2D eigenvalue weighted by Gasteiger charge is 2.10. The highest BCUT2D eigenvalue weighted by Crippen LogP contribution is 2.07. The van der Waals surface area contributed by atoms with Crippen LogP contribution in [-0.4, -0.2) is 35.4 Å². The lowest BCUT2D eigenvalue weighted by atomic mass is 10.1. The number of esters is 1. The summed E-state index contributed by atoms with van der Waals surface area (Å²) in [7, 11) is 1.26. The van der Waals surface area contributed by atoms with Crippen molar-refractivity contribution in [1.29, 1.82) is 0 Å². The highest BCUT2D eigenvalue weighted by atomic mass is 16.5. The first-order valence-corrected chi connectivity index (χ1v) is 4.53. The largest absolute Gasteiger partial charge is 0.481 e. The van der Waals surface area contributed by atoms with Gasteiger partial charge in [0, 0.05) is 6.42 Å². The van der Waals surface area contributed by atoms with Gasteiger partial charge in [-0.1, -0.05) is 6.42 Å². The molecule has 0 aromatic heterocycles. The van der Waals surface area contributed by atoms with Crippen LogP contribution in [0, 0.1) is 0 Å². The van der Waals surface area contributed by atoms with Crippen LogP contribution >= 0.6 is 0 Å². The molecule has 0 rings (SSSR count). The molecule has 0 fully saturated rings. The third-order valence-electron chi connectivity index (χ3n) is 1.81. The predicted molar refractivity (Wildman–Crippen MR) is 48.7 cm³/mol. The fourth-order valence-corrected chi connectivity index (χ4v) is 1.03. The minimum atomic E-state index is -0.840. The van der Waals surface area contributed by atoms with Crippen LogP contribution in [0.5, 0.6) is 0 Å². The Balaban J connectivity index is 3.39. The number of unbranched alkanes of at least 4 members (excludes halogenated alkanes) is 1. The molecule has 82 valence electrons. The van der Waals surface area contributed by atoms with Gasteiger partial charge in [0.25, 0.3) is 0 Å². The minimum absolute atomic E-state index is 0.0242. The number of hydrogen-bond donors (Lipinski definition) is 2. The third-order valence-corrected chi connectivity index (χ3v) is 1.81. The number of rotatable bonds is 7. The number of hydrogen-bond acceptors (Lipinski definition) is 4. The Morgan fingerprint density at radius 2 is 2.00 bits per heavy atom. The molecule has 0 spiro atoms. The van der Waals surface area contributed by atoms with Crippen molar-refractivity contribution in [3.05, 3.63) is 0 Å². The van der Waals surface area contributed by atoms with Gasteiger partial charge in [-0.15, -0.1) is 0 Å². The van der Waals surface area contributed by atoms with Gasteiger partial charge in [-0.2, -0.15) is 0 Å². The number of aliphatic hydroxyl groups is 1. The minimum Gasteiger partial charge on any atom is -0.481 e. The Bertz CT molecular complexity index is 190. The second-order valence-corrected chi connectivity index (χ2v) is 3.07. The molecular weight excluding hydrogens is 188 g/mol. The lowest BCUT2D eigenvalue weighted by Gasteiger charge is -2.07. The Morgan fingerprint density at radius 1 is 1.36 bits per heavy atom. The number of carbonyl (C=O) groups excluding carboxylic acids is 1. The first kappa shape index (κ1) is 12.9. The standard InChI is InChI=1S/C9H16O5/c1-14-9(13)6-7(10)4-2-3-5-8(11)12/h7,10H,2-6H2,1H3,(H,11,12). The van der Waals surface area contributed by atoms with Gasteiger partial charge in [0.2, 0.25) is 0 Å². The summed E-state index contributed by atoms with van der Waals surface area (Å²) in [6.45, 7) is 0. The maximum absolute atomic E-state index is 10.7. The highest BCUT2D eigenvalue weighted by molar-refractivity contribution is 5.69. The fraction of sp³-hybridized carbons (Fsp3) is 0.778. The maximum Gasteiger partial charge on any atom is 0.308 e. The molecule has 0 aromatic carbocycles. The van der Waals surface area contributed by atoms with Gasteiger partial charge in [-0.3, -0.25) is 9.59 Å². The van der Waals surface area contributed by atoms with Gasteiger partial charge in [0.1, 0.15) is 0 Å². The Labute approximate surface area is 82.7 Å². The van der Waals surface area contributed by atoms with E-state index in [1.807, 2.05) is 0 Å². The molecule has 0 aromatic rings. The summed E-state index contributed by atoms with van der Waals surface area (Å²) in [6.07, 6.45) is 0.908. The van der Waals surface area contributed by atoms with Crippen molar-refractivity contribution in [2.24, 2.45) is 0 Å². The third kappa shape index (κ3) is 7.54. The van der Waals surface area contributed by atoms with Crippen molar-refractivity contribution in [3.63, 3.8) is 0 Å². The van der Waals surface area contributed by atoms with E-state index in [4.69, 9.17) is 5.11 Å². The molecule has 0 aliphatic carbocycles. The molecule has 14 heavy (non-hydrogen) atoms. The molecule has 0 amide bonds. The van der Waals surface area contributed by atoms with E-state index in [1.165, 1.54) is 7.11 Å². The van der Waals surface area contributed by atoms with Crippen LogP contribution in [0.25, 0.3) is 0 Å². The lowest BCUT2D eigenvalue weighted by Crippen LogP contribution is -2.14. The van der Waals surface area contributed by atoms with Crippen molar-refractivity contribution >= 4 is 11.9 Å². The van der Waals surface area contributed by atoms with Crippen LogP contribution < -0.4 is 0 Å². The number of carboxylic acid groups (broad SMARTS) is 1. The van der Waals surface area contributed by atoms with Crippen molar-refractivity contribution in [1.82, 2.24) is 0 Å². The summed E-state index contributed by atoms with van der Waals surface area (Å²) >= 11 is 0. The Kier molecular flexibility index (Phi) is 6.74. The van der Waals surface area contributed by atoms with E-state index < -0.39 is 18.0 Å².